The molecule has 2 nitrogen and oxygen atoms in total. The Bertz CT molecular complexity index is 443. The van der Waals surface area contributed by atoms with Gasteiger partial charge in [0.05, 0.1) is 0 Å². The maximum Gasteiger partial charge on any atom is 0.202 e. The first kappa shape index (κ1) is 13.6. The second-order valence-corrected chi connectivity index (χ2v) is 5.77. The predicted molar refractivity (Wildman–Crippen MR) is 67.8 cm³/mol. The van der Waals surface area contributed by atoms with Crippen molar-refractivity contribution in [1.29, 1.82) is 0 Å². The van der Waals surface area contributed by atoms with Crippen LogP contribution in [0.25, 0.3) is 0 Å². The lowest BCUT2D eigenvalue weighted by atomic mass is 9.82. The first-order valence-corrected chi connectivity index (χ1v) is 7.71. The van der Waals surface area contributed by atoms with E-state index in [0.717, 1.165) is 31.7 Å². The van der Waals surface area contributed by atoms with Crippen molar-refractivity contribution in [2.24, 2.45) is 0 Å². The Morgan fingerprint density at radius 1 is 1.22 bits per heavy atom. The highest BCUT2D eigenvalue weighted by Crippen LogP contribution is 2.35. The standard InChI is InChI=1S/C13H16F2O2S/c1-18(16)17-11-5-2-9(3-6-11)12-7-4-10(14)8-13(12)15/h4,7-9,11H,2-3,5-6H2,1H3/p+1. The molecule has 1 aromatic carbocycles. The molecule has 1 fully saturated rings. The highest BCUT2D eigenvalue weighted by Gasteiger charge is 2.27. The molecule has 0 saturated heterocycles. The highest BCUT2D eigenvalue weighted by molar-refractivity contribution is 7.79. The van der Waals surface area contributed by atoms with Crippen molar-refractivity contribution in [1.82, 2.24) is 0 Å². The molecule has 1 saturated carbocycles. The van der Waals surface area contributed by atoms with Crippen molar-refractivity contribution in [2.75, 3.05) is 6.26 Å². The van der Waals surface area contributed by atoms with Gasteiger partial charge in [0.15, 0.2) is 0 Å². The van der Waals surface area contributed by atoms with Gasteiger partial charge in [-0.05, 0) is 43.2 Å². The van der Waals surface area contributed by atoms with Crippen LogP contribution in [0.1, 0.15) is 37.2 Å². The van der Waals surface area contributed by atoms with E-state index in [2.05, 4.69) is 0 Å². The van der Waals surface area contributed by atoms with Gasteiger partial charge in [0, 0.05) is 6.07 Å². The maximum atomic E-state index is 13.6. The van der Waals surface area contributed by atoms with Gasteiger partial charge in [-0.25, -0.2) is 8.78 Å². The Labute approximate surface area is 108 Å². The fraction of sp³-hybridized carbons (Fsp3) is 0.538. The lowest BCUT2D eigenvalue weighted by Crippen LogP contribution is -2.21. The van der Waals surface area contributed by atoms with E-state index in [4.69, 9.17) is 4.18 Å². The molecule has 1 atom stereocenters. The molecule has 1 aliphatic rings. The maximum absolute atomic E-state index is 13.6. The number of hydrogen-bond acceptors (Lipinski definition) is 2. The Kier molecular flexibility index (Phi) is 4.45. The van der Waals surface area contributed by atoms with Crippen LogP contribution >= 0.6 is 0 Å². The quantitative estimate of drug-likeness (QED) is 0.625. The van der Waals surface area contributed by atoms with Gasteiger partial charge in [0.1, 0.15) is 24.0 Å². The monoisotopic (exact) mass is 275 g/mol. The van der Waals surface area contributed by atoms with Crippen LogP contribution in [0.2, 0.25) is 0 Å². The molecule has 0 aliphatic heterocycles. The summed E-state index contributed by atoms with van der Waals surface area (Å²) in [6, 6.07) is 3.75. The molecule has 0 spiro atoms. The molecule has 18 heavy (non-hydrogen) atoms. The second kappa shape index (κ2) is 5.89. The largest absolute Gasteiger partial charge is 0.207 e. The highest BCUT2D eigenvalue weighted by atomic mass is 32.2. The van der Waals surface area contributed by atoms with E-state index >= 15 is 0 Å². The van der Waals surface area contributed by atoms with Gasteiger partial charge in [-0.3, -0.25) is 0 Å². The zero-order valence-corrected chi connectivity index (χ0v) is 11.1. The Morgan fingerprint density at radius 3 is 2.44 bits per heavy atom. The normalized spacial score (nSPS) is 25.9. The first-order chi connectivity index (χ1) is 8.56. The van der Waals surface area contributed by atoms with Crippen molar-refractivity contribution < 1.29 is 17.2 Å². The average molecular weight is 275 g/mol. The summed E-state index contributed by atoms with van der Waals surface area (Å²) in [4.78, 5) is 0. The molecule has 0 N–H and O–H groups in total. The minimum Gasteiger partial charge on any atom is -0.207 e. The molecule has 0 heterocycles. The number of halogens is 2. The van der Waals surface area contributed by atoms with Crippen molar-refractivity contribution in [2.45, 2.75) is 37.7 Å². The molecule has 0 radical (unpaired) electrons. The number of hydrogen-bond donors (Lipinski definition) is 0. The minimum absolute atomic E-state index is 0.0124. The van der Waals surface area contributed by atoms with Gasteiger partial charge in [-0.1, -0.05) is 10.3 Å². The van der Waals surface area contributed by atoms with Crippen LogP contribution in [-0.2, 0) is 19.5 Å². The summed E-state index contributed by atoms with van der Waals surface area (Å²) in [5.74, 6) is -0.905. The third-order valence-corrected chi connectivity index (χ3v) is 3.97. The van der Waals surface area contributed by atoms with E-state index in [1.807, 2.05) is 0 Å². The summed E-state index contributed by atoms with van der Waals surface area (Å²) in [5.41, 5.74) is 0.579. The number of thiol groups is 1. The molecule has 1 aromatic rings. The van der Waals surface area contributed by atoms with Gasteiger partial charge in [-0.15, -0.1) is 0 Å². The average Bonchev–Trinajstić information content (AvgIpc) is 2.30. The molecule has 0 bridgehead atoms. The van der Waals surface area contributed by atoms with E-state index in [9.17, 15) is 13.0 Å². The van der Waals surface area contributed by atoms with Crippen molar-refractivity contribution in [3.05, 3.63) is 35.4 Å². The van der Waals surface area contributed by atoms with Crippen molar-refractivity contribution in [3.63, 3.8) is 0 Å². The third kappa shape index (κ3) is 3.36. The van der Waals surface area contributed by atoms with Crippen LogP contribution < -0.4 is 0 Å². The van der Waals surface area contributed by atoms with Crippen LogP contribution in [0.5, 0.6) is 0 Å². The molecule has 0 amide bonds. The van der Waals surface area contributed by atoms with Gasteiger partial charge < -0.3 is 0 Å². The molecular formula is C13H17F2O2S+. The summed E-state index contributed by atoms with van der Waals surface area (Å²) < 4.78 is 42.7. The van der Waals surface area contributed by atoms with E-state index in [1.54, 1.807) is 6.26 Å². The SMILES string of the molecule is C[SH+](=O)OC1CCC(c2ccc(F)cc2F)CC1. The Hall–Kier alpha value is -0.810. The van der Waals surface area contributed by atoms with Crippen LogP contribution in [-0.4, -0.2) is 12.4 Å². The molecule has 5 heteroatoms. The van der Waals surface area contributed by atoms with Crippen LogP contribution in [0.4, 0.5) is 8.78 Å². The van der Waals surface area contributed by atoms with Crippen LogP contribution in [0, 0.1) is 11.6 Å². The fourth-order valence-electron chi connectivity index (χ4n) is 2.52. The van der Waals surface area contributed by atoms with E-state index < -0.39 is 22.7 Å². The minimum atomic E-state index is -1.58. The summed E-state index contributed by atoms with van der Waals surface area (Å²) in [7, 11) is 0. The third-order valence-electron chi connectivity index (χ3n) is 3.37. The summed E-state index contributed by atoms with van der Waals surface area (Å²) in [5, 5.41) is 0. The molecule has 2 rings (SSSR count). The van der Waals surface area contributed by atoms with E-state index in [1.165, 1.54) is 12.1 Å². The van der Waals surface area contributed by atoms with Crippen LogP contribution in [0.15, 0.2) is 18.2 Å². The zero-order chi connectivity index (χ0) is 13.1. The van der Waals surface area contributed by atoms with Gasteiger partial charge >= 0.3 is 0 Å². The molecule has 1 aliphatic carbocycles. The summed E-state index contributed by atoms with van der Waals surface area (Å²) >= 11 is -1.58. The lowest BCUT2D eigenvalue weighted by Gasteiger charge is -2.26. The van der Waals surface area contributed by atoms with Gasteiger partial charge in [-0.2, -0.15) is 4.18 Å². The van der Waals surface area contributed by atoms with Crippen molar-refractivity contribution in [3.8, 4) is 0 Å². The topological polar surface area (TPSA) is 26.3 Å². The van der Waals surface area contributed by atoms with Crippen LogP contribution in [0.3, 0.4) is 0 Å². The van der Waals surface area contributed by atoms with Gasteiger partial charge in [0.25, 0.3) is 0 Å². The second-order valence-electron chi connectivity index (χ2n) is 4.68. The Balaban J connectivity index is 1.99. The number of rotatable bonds is 3. The smallest absolute Gasteiger partial charge is 0.202 e. The van der Waals surface area contributed by atoms with E-state index in [0.29, 0.717) is 5.56 Å². The van der Waals surface area contributed by atoms with Crippen molar-refractivity contribution >= 4 is 11.1 Å². The van der Waals surface area contributed by atoms with E-state index in [-0.39, 0.29) is 12.0 Å². The molecular weight excluding hydrogens is 258 g/mol. The molecule has 100 valence electrons. The summed E-state index contributed by atoms with van der Waals surface area (Å²) in [6.07, 6.45) is 4.68. The zero-order valence-electron chi connectivity index (χ0n) is 10.2. The Morgan fingerprint density at radius 2 is 1.89 bits per heavy atom. The number of benzene rings is 1. The molecule has 0 aromatic heterocycles. The fourth-order valence-corrected chi connectivity index (χ4v) is 3.15. The molecule has 1 unspecified atom stereocenters. The van der Waals surface area contributed by atoms with Gasteiger partial charge in [0.2, 0.25) is 11.1 Å². The summed E-state index contributed by atoms with van der Waals surface area (Å²) in [6.45, 7) is 0. The predicted octanol–water partition coefficient (Wildman–Crippen LogP) is 3.25. The first-order valence-electron chi connectivity index (χ1n) is 6.09. The lowest BCUT2D eigenvalue weighted by molar-refractivity contribution is 0.163.